The fourth-order valence-electron chi connectivity index (χ4n) is 5.80. The summed E-state index contributed by atoms with van der Waals surface area (Å²) >= 11 is 0. The summed E-state index contributed by atoms with van der Waals surface area (Å²) in [6.45, 7) is 0. The lowest BCUT2D eigenvalue weighted by Crippen LogP contribution is -2.49. The maximum atomic E-state index is 13.4. The number of nitro benzene ring substituents is 1. The number of anilines is 1. The SMILES string of the molecule is O=C(Nc1cccc([N+](=O)[O-])c1)[C@@H](Cc1ccccc1)N1C(=O)[C@@H]2[C@@H]3CC[C@@H](C3)[C@@H]2C1=O. The van der Waals surface area contributed by atoms with Crippen LogP contribution in [0.3, 0.4) is 0 Å². The molecule has 3 amide bonds. The van der Waals surface area contributed by atoms with Crippen LogP contribution in [-0.4, -0.2) is 33.6 Å². The van der Waals surface area contributed by atoms with Gasteiger partial charge in [-0.05, 0) is 42.7 Å². The van der Waals surface area contributed by atoms with Crippen LogP contribution in [-0.2, 0) is 20.8 Å². The van der Waals surface area contributed by atoms with E-state index >= 15 is 0 Å². The predicted octanol–water partition coefficient (Wildman–Crippen LogP) is 3.18. The highest BCUT2D eigenvalue weighted by Crippen LogP contribution is 2.56. The Labute approximate surface area is 184 Å². The summed E-state index contributed by atoms with van der Waals surface area (Å²) < 4.78 is 0. The lowest BCUT2D eigenvalue weighted by molar-refractivity contribution is -0.384. The van der Waals surface area contributed by atoms with Crippen LogP contribution in [0.1, 0.15) is 24.8 Å². The Balaban J connectivity index is 1.45. The number of fused-ring (bicyclic) bond motifs is 5. The molecule has 1 saturated heterocycles. The van der Waals surface area contributed by atoms with E-state index in [4.69, 9.17) is 0 Å². The molecule has 1 heterocycles. The van der Waals surface area contributed by atoms with Gasteiger partial charge in [0.1, 0.15) is 6.04 Å². The van der Waals surface area contributed by atoms with E-state index in [1.54, 1.807) is 6.07 Å². The molecule has 5 rings (SSSR count). The summed E-state index contributed by atoms with van der Waals surface area (Å²) in [5, 5.41) is 13.8. The molecule has 0 unspecified atom stereocenters. The van der Waals surface area contributed by atoms with Crippen molar-refractivity contribution in [3.05, 3.63) is 70.3 Å². The average Bonchev–Trinajstić information content (AvgIpc) is 3.47. The first kappa shape index (κ1) is 20.4. The third kappa shape index (κ3) is 3.36. The molecule has 164 valence electrons. The molecule has 2 saturated carbocycles. The minimum atomic E-state index is -1.01. The first-order valence-electron chi connectivity index (χ1n) is 10.9. The van der Waals surface area contributed by atoms with E-state index in [9.17, 15) is 24.5 Å². The average molecular weight is 433 g/mol. The Kier molecular flexibility index (Phi) is 5.00. The number of amides is 3. The zero-order chi connectivity index (χ0) is 22.4. The van der Waals surface area contributed by atoms with Crippen molar-refractivity contribution in [2.45, 2.75) is 31.7 Å². The van der Waals surface area contributed by atoms with Crippen LogP contribution in [0.25, 0.3) is 0 Å². The largest absolute Gasteiger partial charge is 0.324 e. The quantitative estimate of drug-likeness (QED) is 0.427. The van der Waals surface area contributed by atoms with Gasteiger partial charge in [0.05, 0.1) is 16.8 Å². The molecule has 1 N–H and O–H groups in total. The van der Waals surface area contributed by atoms with E-state index in [0.717, 1.165) is 24.8 Å². The highest BCUT2D eigenvalue weighted by Gasteiger charge is 2.62. The highest BCUT2D eigenvalue weighted by molar-refractivity contribution is 6.10. The van der Waals surface area contributed by atoms with Gasteiger partial charge in [-0.15, -0.1) is 0 Å². The number of imide groups is 1. The fourth-order valence-corrected chi connectivity index (χ4v) is 5.80. The van der Waals surface area contributed by atoms with E-state index in [-0.39, 0.29) is 53.3 Å². The minimum absolute atomic E-state index is 0.151. The molecule has 3 aliphatic rings. The molecule has 2 bridgehead atoms. The molecule has 0 radical (unpaired) electrons. The molecule has 8 nitrogen and oxygen atoms in total. The molecule has 32 heavy (non-hydrogen) atoms. The summed E-state index contributed by atoms with van der Waals surface area (Å²) in [5.41, 5.74) is 0.927. The van der Waals surface area contributed by atoms with Crippen molar-refractivity contribution in [1.29, 1.82) is 0 Å². The van der Waals surface area contributed by atoms with Crippen LogP contribution in [0.15, 0.2) is 54.6 Å². The molecule has 8 heteroatoms. The number of hydrogen-bond donors (Lipinski definition) is 1. The van der Waals surface area contributed by atoms with Crippen molar-refractivity contribution in [3.8, 4) is 0 Å². The number of non-ortho nitro benzene ring substituents is 1. The Morgan fingerprint density at radius 2 is 1.69 bits per heavy atom. The van der Waals surface area contributed by atoms with Crippen molar-refractivity contribution in [2.24, 2.45) is 23.7 Å². The predicted molar refractivity (Wildman–Crippen MR) is 115 cm³/mol. The van der Waals surface area contributed by atoms with E-state index in [1.165, 1.54) is 23.1 Å². The molecule has 0 aromatic heterocycles. The third-order valence-corrected chi connectivity index (χ3v) is 7.17. The molecule has 5 atom stereocenters. The second kappa shape index (κ2) is 7.85. The normalized spacial score (nSPS) is 26.8. The maximum absolute atomic E-state index is 13.4. The number of likely N-dealkylation sites (tertiary alicyclic amines) is 1. The number of carbonyl (C=O) groups is 3. The number of nitro groups is 1. The number of hydrogen-bond acceptors (Lipinski definition) is 5. The van der Waals surface area contributed by atoms with Crippen LogP contribution in [0.4, 0.5) is 11.4 Å². The van der Waals surface area contributed by atoms with Crippen molar-refractivity contribution < 1.29 is 19.3 Å². The summed E-state index contributed by atoms with van der Waals surface area (Å²) in [7, 11) is 0. The number of nitrogens with zero attached hydrogens (tertiary/aromatic N) is 2. The van der Waals surface area contributed by atoms with Gasteiger partial charge in [-0.2, -0.15) is 0 Å². The summed E-state index contributed by atoms with van der Waals surface area (Å²) in [6.07, 6.45) is 3.03. The van der Waals surface area contributed by atoms with Gasteiger partial charge in [-0.1, -0.05) is 36.4 Å². The van der Waals surface area contributed by atoms with E-state index in [2.05, 4.69) is 5.32 Å². The number of rotatable bonds is 6. The number of nitrogens with one attached hydrogen (secondary N) is 1. The van der Waals surface area contributed by atoms with Gasteiger partial charge >= 0.3 is 0 Å². The lowest BCUT2D eigenvalue weighted by Gasteiger charge is -2.27. The molecule has 3 fully saturated rings. The number of carbonyl (C=O) groups excluding carboxylic acids is 3. The third-order valence-electron chi connectivity index (χ3n) is 7.17. The summed E-state index contributed by atoms with van der Waals surface area (Å²) in [4.78, 5) is 51.8. The zero-order valence-electron chi connectivity index (χ0n) is 17.3. The van der Waals surface area contributed by atoms with Gasteiger partial charge in [0, 0.05) is 24.2 Å². The van der Waals surface area contributed by atoms with Gasteiger partial charge in [0.2, 0.25) is 17.7 Å². The smallest absolute Gasteiger partial charge is 0.271 e. The summed E-state index contributed by atoms with van der Waals surface area (Å²) in [5.74, 6) is -1.20. The van der Waals surface area contributed by atoms with Gasteiger partial charge in [0.25, 0.3) is 5.69 Å². The van der Waals surface area contributed by atoms with E-state index < -0.39 is 16.9 Å². The van der Waals surface area contributed by atoms with Crippen LogP contribution in [0.2, 0.25) is 0 Å². The fraction of sp³-hybridized carbons (Fsp3) is 0.375. The first-order valence-corrected chi connectivity index (χ1v) is 10.9. The highest BCUT2D eigenvalue weighted by atomic mass is 16.6. The Bertz CT molecular complexity index is 1070. The topological polar surface area (TPSA) is 110 Å². The summed E-state index contributed by atoms with van der Waals surface area (Å²) in [6, 6.07) is 13.9. The van der Waals surface area contributed by atoms with Crippen LogP contribution < -0.4 is 5.32 Å². The standard InChI is InChI=1S/C24H23N3O5/c28-22(25-17-7-4-8-18(13-17)27(31)32)19(11-14-5-2-1-3-6-14)26-23(29)20-15-9-10-16(12-15)21(20)24(26)30/h1-8,13,15-16,19-21H,9-12H2,(H,25,28)/t15-,16+,19-,20-,21+/m1/s1. The Morgan fingerprint density at radius 1 is 1.03 bits per heavy atom. The monoisotopic (exact) mass is 433 g/mol. The Hall–Kier alpha value is -3.55. The van der Waals surface area contributed by atoms with Gasteiger partial charge in [-0.25, -0.2) is 0 Å². The molecule has 2 aliphatic carbocycles. The van der Waals surface area contributed by atoms with Crippen LogP contribution in [0.5, 0.6) is 0 Å². The Morgan fingerprint density at radius 3 is 2.31 bits per heavy atom. The first-order chi connectivity index (χ1) is 15.4. The van der Waals surface area contributed by atoms with Crippen LogP contribution >= 0.6 is 0 Å². The molecule has 2 aromatic rings. The number of benzene rings is 2. The van der Waals surface area contributed by atoms with Crippen molar-refractivity contribution in [2.75, 3.05) is 5.32 Å². The van der Waals surface area contributed by atoms with Gasteiger partial charge < -0.3 is 5.32 Å². The molecule has 1 aliphatic heterocycles. The minimum Gasteiger partial charge on any atom is -0.324 e. The van der Waals surface area contributed by atoms with E-state index in [1.807, 2.05) is 30.3 Å². The second-order valence-corrected chi connectivity index (χ2v) is 8.93. The molecular formula is C24H23N3O5. The van der Waals surface area contributed by atoms with Crippen LogP contribution in [0, 0.1) is 33.8 Å². The van der Waals surface area contributed by atoms with Crippen molar-refractivity contribution in [3.63, 3.8) is 0 Å². The van der Waals surface area contributed by atoms with Crippen molar-refractivity contribution in [1.82, 2.24) is 4.90 Å². The molecule has 2 aromatic carbocycles. The maximum Gasteiger partial charge on any atom is 0.271 e. The van der Waals surface area contributed by atoms with Gasteiger partial charge in [0.15, 0.2) is 0 Å². The zero-order valence-corrected chi connectivity index (χ0v) is 17.3. The second-order valence-electron chi connectivity index (χ2n) is 8.93. The van der Waals surface area contributed by atoms with Crippen molar-refractivity contribution >= 4 is 29.1 Å². The van der Waals surface area contributed by atoms with Gasteiger partial charge in [-0.3, -0.25) is 29.4 Å². The van der Waals surface area contributed by atoms with E-state index in [0.29, 0.717) is 0 Å². The lowest BCUT2D eigenvalue weighted by atomic mass is 9.81. The molecular weight excluding hydrogens is 410 g/mol. The molecule has 0 spiro atoms.